The number of benzene rings is 2. The molecule has 0 aliphatic carbocycles. The zero-order chi connectivity index (χ0) is 27.8. The Morgan fingerprint density at radius 3 is 2.77 bits per heavy atom. The number of nitrogens with zero attached hydrogens (tertiary/aromatic N) is 3. The van der Waals surface area contributed by atoms with E-state index in [1.165, 1.54) is 24.6 Å². The number of rotatable bonds is 11. The van der Waals surface area contributed by atoms with Crippen molar-refractivity contribution in [3.8, 4) is 11.5 Å². The van der Waals surface area contributed by atoms with Crippen LogP contribution in [-0.2, 0) is 19.1 Å². The minimum Gasteiger partial charge on any atom is -0.491 e. The predicted molar refractivity (Wildman–Crippen MR) is 147 cm³/mol. The molecule has 4 rings (SSSR count). The summed E-state index contributed by atoms with van der Waals surface area (Å²) in [6, 6.07) is 11.3. The van der Waals surface area contributed by atoms with Crippen LogP contribution in [0.25, 0.3) is 10.9 Å². The molecule has 2 aromatic carbocycles. The molecule has 0 spiro atoms. The number of amides is 1. The Bertz CT molecular complexity index is 1290. The van der Waals surface area contributed by atoms with E-state index in [1.807, 2.05) is 37.3 Å². The van der Waals surface area contributed by atoms with E-state index in [9.17, 15) is 9.59 Å². The summed E-state index contributed by atoms with van der Waals surface area (Å²) in [6.07, 6.45) is 4.17. The van der Waals surface area contributed by atoms with Gasteiger partial charge in [0.25, 0.3) is 5.91 Å². The van der Waals surface area contributed by atoms with Crippen LogP contribution in [0.2, 0.25) is 0 Å². The van der Waals surface area contributed by atoms with Gasteiger partial charge < -0.3 is 29.2 Å². The van der Waals surface area contributed by atoms with E-state index in [0.29, 0.717) is 29.1 Å². The van der Waals surface area contributed by atoms with Crippen LogP contribution in [0.3, 0.4) is 0 Å². The Kier molecular flexibility index (Phi) is 9.54. The zero-order valence-electron chi connectivity index (χ0n) is 22.9. The van der Waals surface area contributed by atoms with Gasteiger partial charge in [-0.25, -0.2) is 9.97 Å². The summed E-state index contributed by atoms with van der Waals surface area (Å²) in [5.41, 5.74) is 2.50. The molecular weight excluding hydrogens is 500 g/mol. The topological polar surface area (TPSA) is 112 Å². The van der Waals surface area contributed by atoms with Crippen LogP contribution in [-0.4, -0.2) is 72.4 Å². The number of carbonyl (C=O) groups is 2. The number of fused-ring (bicyclic) bond motifs is 1. The second-order valence-electron chi connectivity index (χ2n) is 9.64. The third-order valence-corrected chi connectivity index (χ3v) is 6.52. The minimum atomic E-state index is -0.780. The van der Waals surface area contributed by atoms with E-state index in [0.717, 1.165) is 36.4 Å². The summed E-state index contributed by atoms with van der Waals surface area (Å²) < 4.78 is 22.8. The van der Waals surface area contributed by atoms with Gasteiger partial charge >= 0.3 is 5.97 Å². The highest BCUT2D eigenvalue weighted by Crippen LogP contribution is 2.33. The zero-order valence-corrected chi connectivity index (χ0v) is 22.9. The normalized spacial score (nSPS) is 15.8. The van der Waals surface area contributed by atoms with E-state index < -0.39 is 6.10 Å². The van der Waals surface area contributed by atoms with Gasteiger partial charge in [0.15, 0.2) is 6.10 Å². The Labute approximate surface area is 228 Å². The average Bonchev–Trinajstić information content (AvgIpc) is 2.92. The number of aryl methyl sites for hydroxylation is 1. The first kappa shape index (κ1) is 28.1. The number of aromatic nitrogens is 2. The van der Waals surface area contributed by atoms with E-state index in [1.54, 1.807) is 20.0 Å². The lowest BCUT2D eigenvalue weighted by Crippen LogP contribution is -2.39. The number of nitrogens with one attached hydrogen (secondary N) is 1. The molecule has 1 aromatic heterocycles. The third kappa shape index (κ3) is 7.57. The van der Waals surface area contributed by atoms with Crippen molar-refractivity contribution in [3.05, 3.63) is 48.3 Å². The van der Waals surface area contributed by atoms with Gasteiger partial charge in [-0.05, 0) is 69.0 Å². The maximum absolute atomic E-state index is 12.9. The minimum absolute atomic E-state index is 0.123. The summed E-state index contributed by atoms with van der Waals surface area (Å²) in [6.45, 7) is 6.75. The molecule has 208 valence electrons. The summed E-state index contributed by atoms with van der Waals surface area (Å²) in [5, 5.41) is 4.03. The molecule has 2 heterocycles. The molecule has 3 aromatic rings. The van der Waals surface area contributed by atoms with Crippen LogP contribution in [0.4, 0.5) is 11.5 Å². The van der Waals surface area contributed by atoms with Crippen molar-refractivity contribution in [2.45, 2.75) is 52.2 Å². The number of carbonyl (C=O) groups excluding carboxylic acids is 2. The van der Waals surface area contributed by atoms with Gasteiger partial charge in [0.2, 0.25) is 0 Å². The molecular formula is C29H36N4O6. The van der Waals surface area contributed by atoms with Crippen LogP contribution in [0.15, 0.2) is 42.7 Å². The number of hydrogen-bond acceptors (Lipinski definition) is 9. The van der Waals surface area contributed by atoms with Crippen molar-refractivity contribution in [2.24, 2.45) is 0 Å². The molecule has 1 saturated heterocycles. The molecule has 0 saturated carbocycles. The monoisotopic (exact) mass is 536 g/mol. The van der Waals surface area contributed by atoms with Gasteiger partial charge in [-0.2, -0.15) is 0 Å². The second kappa shape index (κ2) is 13.2. The molecule has 0 bridgehead atoms. The Hall–Kier alpha value is -3.92. The van der Waals surface area contributed by atoms with Gasteiger partial charge in [-0.3, -0.25) is 9.59 Å². The highest BCUT2D eigenvalue weighted by atomic mass is 16.5. The van der Waals surface area contributed by atoms with Gasteiger partial charge in [-0.15, -0.1) is 0 Å². The first-order valence-corrected chi connectivity index (χ1v) is 13.2. The lowest BCUT2D eigenvalue weighted by Gasteiger charge is -2.23. The summed E-state index contributed by atoms with van der Waals surface area (Å²) in [7, 11) is 1.64. The largest absolute Gasteiger partial charge is 0.491 e. The molecule has 1 aliphatic rings. The molecule has 0 radical (unpaired) electrons. The smallest absolute Gasteiger partial charge is 0.302 e. The summed E-state index contributed by atoms with van der Waals surface area (Å²) >= 11 is 0. The maximum atomic E-state index is 12.9. The van der Waals surface area contributed by atoms with Crippen LogP contribution in [0, 0.1) is 6.92 Å². The van der Waals surface area contributed by atoms with E-state index in [-0.39, 0.29) is 31.1 Å². The van der Waals surface area contributed by atoms with Gasteiger partial charge in [-0.1, -0.05) is 6.07 Å². The maximum Gasteiger partial charge on any atom is 0.302 e. The Balaban J connectivity index is 1.47. The first-order valence-electron chi connectivity index (χ1n) is 13.2. The number of likely N-dealkylation sites (N-methyl/N-ethyl adjacent to an activating group) is 1. The van der Waals surface area contributed by atoms with Gasteiger partial charge in [0.1, 0.15) is 36.9 Å². The lowest BCUT2D eigenvalue weighted by molar-refractivity contribution is -0.144. The standard InChI is InChI=1S/C29H36N4O6/c1-19-16-22(11-12-25(19)38-17-23-8-5-6-14-37-23)32-28-27-24(30-18-31-28)9-7-10-26(27)39-20(2)29(35)33(4)13-15-36-21(3)34/h7,9-12,16,18,20,23H,5-6,8,13-15,17H2,1-4H3,(H,30,31,32)/t20-,23?/m1/s1. The molecule has 1 amide bonds. The van der Waals surface area contributed by atoms with Crippen LogP contribution in [0.1, 0.15) is 38.7 Å². The molecule has 1 fully saturated rings. The molecule has 2 atom stereocenters. The number of anilines is 2. The van der Waals surface area contributed by atoms with Crippen LogP contribution < -0.4 is 14.8 Å². The van der Waals surface area contributed by atoms with Crippen LogP contribution in [0.5, 0.6) is 11.5 Å². The van der Waals surface area contributed by atoms with Crippen molar-refractivity contribution in [1.82, 2.24) is 14.9 Å². The second-order valence-corrected chi connectivity index (χ2v) is 9.64. The fourth-order valence-corrected chi connectivity index (χ4v) is 4.41. The van der Waals surface area contributed by atoms with E-state index in [4.69, 9.17) is 18.9 Å². The van der Waals surface area contributed by atoms with Gasteiger partial charge in [0.05, 0.1) is 23.6 Å². The van der Waals surface area contributed by atoms with E-state index >= 15 is 0 Å². The fourth-order valence-electron chi connectivity index (χ4n) is 4.41. The average molecular weight is 537 g/mol. The highest BCUT2D eigenvalue weighted by molar-refractivity contribution is 5.96. The third-order valence-electron chi connectivity index (χ3n) is 6.52. The summed E-state index contributed by atoms with van der Waals surface area (Å²) in [4.78, 5) is 34.2. The van der Waals surface area contributed by atoms with E-state index in [2.05, 4.69) is 15.3 Å². The number of hydrogen-bond donors (Lipinski definition) is 1. The molecule has 10 heteroatoms. The van der Waals surface area contributed by atoms with Crippen molar-refractivity contribution in [1.29, 1.82) is 0 Å². The van der Waals surface area contributed by atoms with Crippen LogP contribution >= 0.6 is 0 Å². The quantitative estimate of drug-likeness (QED) is 0.356. The SMILES string of the molecule is CC(=O)OCCN(C)C(=O)[C@@H](C)Oc1cccc2ncnc(Nc3ccc(OCC4CCCCO4)c(C)c3)c12. The van der Waals surface area contributed by atoms with Crippen molar-refractivity contribution >= 4 is 34.3 Å². The lowest BCUT2D eigenvalue weighted by atomic mass is 10.1. The number of ether oxygens (including phenoxy) is 4. The molecule has 1 aliphatic heterocycles. The molecule has 1 N–H and O–H groups in total. The highest BCUT2D eigenvalue weighted by Gasteiger charge is 2.22. The predicted octanol–water partition coefficient (Wildman–Crippen LogP) is 4.42. The first-order chi connectivity index (χ1) is 18.8. The molecule has 39 heavy (non-hydrogen) atoms. The van der Waals surface area contributed by atoms with Crippen molar-refractivity contribution in [2.75, 3.05) is 38.7 Å². The summed E-state index contributed by atoms with van der Waals surface area (Å²) in [5.74, 6) is 1.23. The van der Waals surface area contributed by atoms with Crippen molar-refractivity contribution < 1.29 is 28.5 Å². The molecule has 10 nitrogen and oxygen atoms in total. The molecule has 1 unspecified atom stereocenters. The van der Waals surface area contributed by atoms with Crippen molar-refractivity contribution in [3.63, 3.8) is 0 Å². The Morgan fingerprint density at radius 2 is 2.03 bits per heavy atom. The number of esters is 1. The van der Waals surface area contributed by atoms with Gasteiger partial charge in [0, 0.05) is 26.3 Å². The Morgan fingerprint density at radius 1 is 1.18 bits per heavy atom. The fraction of sp³-hybridized carbons (Fsp3) is 0.448.